The predicted octanol–water partition coefficient (Wildman–Crippen LogP) is 0.120. The molecule has 2 rings (SSSR count). The van der Waals surface area contributed by atoms with Gasteiger partial charge < -0.3 is 5.32 Å². The van der Waals surface area contributed by atoms with Gasteiger partial charge in [-0.3, -0.25) is 0 Å². The van der Waals surface area contributed by atoms with E-state index in [2.05, 4.69) is 10.0 Å². The van der Waals surface area contributed by atoms with Crippen molar-refractivity contribution in [3.05, 3.63) is 24.3 Å². The summed E-state index contributed by atoms with van der Waals surface area (Å²) in [5, 5.41) is 3.07. The summed E-state index contributed by atoms with van der Waals surface area (Å²) >= 11 is 0. The van der Waals surface area contributed by atoms with Crippen LogP contribution in [0.3, 0.4) is 0 Å². The van der Waals surface area contributed by atoms with E-state index in [1.54, 1.807) is 0 Å². The second-order valence-electron chi connectivity index (χ2n) is 4.69. The molecule has 1 unspecified atom stereocenters. The second-order valence-corrected chi connectivity index (χ2v) is 8.68. The Morgan fingerprint density at radius 2 is 1.95 bits per heavy atom. The molecule has 6 nitrogen and oxygen atoms in total. The van der Waals surface area contributed by atoms with Crippen LogP contribution in [-0.4, -0.2) is 41.7 Å². The molecule has 0 spiro atoms. The SMILES string of the molecule is CCS(=O)(=O)c1cccc(S(=O)(=O)NC2CCNC2)c1. The minimum absolute atomic E-state index is 0.0149. The molecule has 2 N–H and O–H groups in total. The van der Waals surface area contributed by atoms with Crippen LogP contribution in [0.5, 0.6) is 0 Å². The number of sulfone groups is 1. The van der Waals surface area contributed by atoms with Crippen molar-refractivity contribution in [3.63, 3.8) is 0 Å². The van der Waals surface area contributed by atoms with Crippen LogP contribution >= 0.6 is 0 Å². The standard InChI is InChI=1S/C12H18N2O4S2/c1-2-19(15,16)11-4-3-5-12(8-11)20(17,18)14-10-6-7-13-9-10/h3-5,8,10,13-14H,2,6-7,9H2,1H3. The molecule has 8 heteroatoms. The normalized spacial score (nSPS) is 20.1. The quantitative estimate of drug-likeness (QED) is 0.804. The molecule has 0 bridgehead atoms. The highest BCUT2D eigenvalue weighted by molar-refractivity contribution is 7.91. The van der Waals surface area contributed by atoms with Gasteiger partial charge in [0.1, 0.15) is 0 Å². The first-order chi connectivity index (χ1) is 9.35. The van der Waals surface area contributed by atoms with Crippen LogP contribution < -0.4 is 10.0 Å². The van der Waals surface area contributed by atoms with Gasteiger partial charge in [0.2, 0.25) is 10.0 Å². The Morgan fingerprint density at radius 3 is 2.55 bits per heavy atom. The van der Waals surface area contributed by atoms with Gasteiger partial charge in [0.15, 0.2) is 9.84 Å². The maximum atomic E-state index is 12.2. The van der Waals surface area contributed by atoms with Gasteiger partial charge in [-0.05, 0) is 31.2 Å². The minimum Gasteiger partial charge on any atom is -0.315 e. The molecule has 0 saturated carbocycles. The number of sulfonamides is 1. The minimum atomic E-state index is -3.69. The number of rotatable bonds is 5. The van der Waals surface area contributed by atoms with Crippen LogP contribution in [0, 0.1) is 0 Å². The predicted molar refractivity (Wildman–Crippen MR) is 75.8 cm³/mol. The van der Waals surface area contributed by atoms with Gasteiger partial charge in [-0.2, -0.15) is 0 Å². The topological polar surface area (TPSA) is 92.3 Å². The lowest BCUT2D eigenvalue weighted by molar-refractivity contribution is 0.560. The fraction of sp³-hybridized carbons (Fsp3) is 0.500. The average molecular weight is 318 g/mol. The third-order valence-electron chi connectivity index (χ3n) is 3.24. The first kappa shape index (κ1) is 15.4. The molecule has 20 heavy (non-hydrogen) atoms. The van der Waals surface area contributed by atoms with Crippen molar-refractivity contribution >= 4 is 19.9 Å². The highest BCUT2D eigenvalue weighted by atomic mass is 32.2. The Hall–Kier alpha value is -0.960. The highest BCUT2D eigenvalue weighted by Crippen LogP contribution is 2.17. The molecule has 1 fully saturated rings. The van der Waals surface area contributed by atoms with E-state index >= 15 is 0 Å². The molecule has 1 aromatic rings. The van der Waals surface area contributed by atoms with Gasteiger partial charge in [-0.25, -0.2) is 21.6 Å². The van der Waals surface area contributed by atoms with Gasteiger partial charge in [0.25, 0.3) is 0 Å². The average Bonchev–Trinajstić information content (AvgIpc) is 2.91. The molecule has 0 aliphatic carbocycles. The van der Waals surface area contributed by atoms with Crippen molar-refractivity contribution in [2.45, 2.75) is 29.2 Å². The number of hydrogen-bond acceptors (Lipinski definition) is 5. The van der Waals surface area contributed by atoms with E-state index in [9.17, 15) is 16.8 Å². The van der Waals surface area contributed by atoms with E-state index in [0.29, 0.717) is 6.54 Å². The van der Waals surface area contributed by atoms with E-state index in [1.165, 1.54) is 31.2 Å². The van der Waals surface area contributed by atoms with Crippen molar-refractivity contribution in [2.24, 2.45) is 0 Å². The number of nitrogens with one attached hydrogen (secondary N) is 2. The third-order valence-corrected chi connectivity index (χ3v) is 6.49. The van der Waals surface area contributed by atoms with Crippen molar-refractivity contribution in [1.82, 2.24) is 10.0 Å². The van der Waals surface area contributed by atoms with Crippen LogP contribution in [0.25, 0.3) is 0 Å². The van der Waals surface area contributed by atoms with E-state index < -0.39 is 19.9 Å². The fourth-order valence-corrected chi connectivity index (χ4v) is 4.36. The fourth-order valence-electron chi connectivity index (χ4n) is 2.04. The van der Waals surface area contributed by atoms with Crippen LogP contribution in [0.15, 0.2) is 34.1 Å². The summed E-state index contributed by atoms with van der Waals surface area (Å²) in [6.45, 7) is 2.89. The molecule has 1 aliphatic heterocycles. The first-order valence-electron chi connectivity index (χ1n) is 6.41. The molecule has 112 valence electrons. The summed E-state index contributed by atoms with van der Waals surface area (Å²) in [4.78, 5) is 0.0198. The van der Waals surface area contributed by atoms with E-state index in [-0.39, 0.29) is 21.6 Å². The lowest BCUT2D eigenvalue weighted by atomic mass is 10.3. The maximum Gasteiger partial charge on any atom is 0.240 e. The van der Waals surface area contributed by atoms with Crippen molar-refractivity contribution in [1.29, 1.82) is 0 Å². The zero-order chi connectivity index (χ0) is 14.8. The summed E-state index contributed by atoms with van der Waals surface area (Å²) < 4.78 is 50.6. The Kier molecular flexibility index (Phi) is 4.48. The van der Waals surface area contributed by atoms with Crippen LogP contribution in [0.4, 0.5) is 0 Å². The molecule has 1 atom stereocenters. The van der Waals surface area contributed by atoms with Crippen LogP contribution in [-0.2, 0) is 19.9 Å². The van der Waals surface area contributed by atoms with E-state index in [0.717, 1.165) is 13.0 Å². The smallest absolute Gasteiger partial charge is 0.240 e. The summed E-state index contributed by atoms with van der Waals surface area (Å²) in [5.41, 5.74) is 0. The van der Waals surface area contributed by atoms with E-state index in [4.69, 9.17) is 0 Å². The third kappa shape index (κ3) is 3.38. The molecular weight excluding hydrogens is 300 g/mol. The lowest BCUT2D eigenvalue weighted by Gasteiger charge is -2.12. The monoisotopic (exact) mass is 318 g/mol. The largest absolute Gasteiger partial charge is 0.315 e. The summed E-state index contributed by atoms with van der Waals surface area (Å²) in [5.74, 6) is -0.0591. The molecule has 0 aromatic heterocycles. The van der Waals surface area contributed by atoms with Gasteiger partial charge in [0, 0.05) is 12.6 Å². The number of hydrogen-bond donors (Lipinski definition) is 2. The van der Waals surface area contributed by atoms with E-state index in [1.807, 2.05) is 0 Å². The van der Waals surface area contributed by atoms with Gasteiger partial charge >= 0.3 is 0 Å². The zero-order valence-corrected chi connectivity index (χ0v) is 12.8. The lowest BCUT2D eigenvalue weighted by Crippen LogP contribution is -2.36. The van der Waals surface area contributed by atoms with Gasteiger partial charge in [-0.1, -0.05) is 13.0 Å². The summed E-state index contributed by atoms with van der Waals surface area (Å²) in [6, 6.07) is 5.33. The number of benzene rings is 1. The Morgan fingerprint density at radius 1 is 1.25 bits per heavy atom. The summed E-state index contributed by atoms with van der Waals surface area (Å²) in [7, 11) is -7.10. The van der Waals surface area contributed by atoms with Crippen LogP contribution in [0.1, 0.15) is 13.3 Å². The van der Waals surface area contributed by atoms with Crippen molar-refractivity contribution in [2.75, 3.05) is 18.8 Å². The molecule has 1 aliphatic rings. The molecule has 1 saturated heterocycles. The zero-order valence-electron chi connectivity index (χ0n) is 11.2. The van der Waals surface area contributed by atoms with Gasteiger partial charge in [-0.15, -0.1) is 0 Å². The maximum absolute atomic E-state index is 12.2. The molecule has 0 radical (unpaired) electrons. The molecule has 1 heterocycles. The molecule has 1 aromatic carbocycles. The van der Waals surface area contributed by atoms with Crippen molar-refractivity contribution < 1.29 is 16.8 Å². The second kappa shape index (κ2) is 5.80. The van der Waals surface area contributed by atoms with Gasteiger partial charge in [0.05, 0.1) is 15.5 Å². The first-order valence-corrected chi connectivity index (χ1v) is 9.54. The molecule has 0 amide bonds. The van der Waals surface area contributed by atoms with Crippen molar-refractivity contribution in [3.8, 4) is 0 Å². The molecular formula is C12H18N2O4S2. The Bertz CT molecular complexity index is 677. The summed E-state index contributed by atoms with van der Waals surface area (Å²) in [6.07, 6.45) is 0.728. The Labute approximate surface area is 119 Å². The van der Waals surface area contributed by atoms with Crippen LogP contribution in [0.2, 0.25) is 0 Å². The highest BCUT2D eigenvalue weighted by Gasteiger charge is 2.24. The Balaban J connectivity index is 2.30.